The van der Waals surface area contributed by atoms with Crippen LogP contribution < -0.4 is 5.73 Å². The van der Waals surface area contributed by atoms with Gasteiger partial charge < -0.3 is 15.0 Å². The molecule has 0 aliphatic rings. The summed E-state index contributed by atoms with van der Waals surface area (Å²) in [6.07, 6.45) is 0. The molecular weight excluding hydrogens is 292 g/mol. The van der Waals surface area contributed by atoms with E-state index in [1.54, 1.807) is 24.3 Å². The first-order valence-corrected chi connectivity index (χ1v) is 7.18. The molecule has 0 atom stereocenters. The second-order valence-corrected chi connectivity index (χ2v) is 5.16. The van der Waals surface area contributed by atoms with Crippen LogP contribution in [0.25, 0.3) is 11.0 Å². The van der Waals surface area contributed by atoms with Gasteiger partial charge in [0.15, 0.2) is 5.76 Å². The molecule has 2 N–H and O–H groups in total. The maximum atomic E-state index is 11.0. The van der Waals surface area contributed by atoms with Crippen LogP contribution in [0.2, 0.25) is 0 Å². The van der Waals surface area contributed by atoms with E-state index in [1.165, 1.54) is 0 Å². The van der Waals surface area contributed by atoms with Crippen LogP contribution >= 0.6 is 0 Å². The van der Waals surface area contributed by atoms with Crippen LogP contribution in [0.5, 0.6) is 0 Å². The third-order valence-electron chi connectivity index (χ3n) is 3.45. The second-order valence-electron chi connectivity index (χ2n) is 5.16. The van der Waals surface area contributed by atoms with Crippen LogP contribution in [-0.4, -0.2) is 11.6 Å². The summed E-state index contributed by atoms with van der Waals surface area (Å²) in [4.78, 5) is 16.3. The van der Waals surface area contributed by atoms with Crippen LogP contribution in [0.1, 0.15) is 28.6 Å². The molecule has 0 aliphatic carbocycles. The average Bonchev–Trinajstić information content (AvgIpc) is 2.99. The lowest BCUT2D eigenvalue weighted by Crippen LogP contribution is -2.10. The number of carbonyl (C=O) groups is 1. The number of hydrogen-bond donors (Lipinski definition) is 1. The fraction of sp³-hybridized carbons (Fsp3) is 0.111. The Hall–Kier alpha value is -3.08. The van der Waals surface area contributed by atoms with E-state index in [9.17, 15) is 4.79 Å². The molecule has 1 aromatic heterocycles. The van der Waals surface area contributed by atoms with Crippen molar-refractivity contribution in [2.75, 3.05) is 0 Å². The van der Waals surface area contributed by atoms with Crippen molar-refractivity contribution in [2.24, 2.45) is 10.9 Å². The summed E-state index contributed by atoms with van der Waals surface area (Å²) in [6, 6.07) is 16.6. The lowest BCUT2D eigenvalue weighted by Gasteiger charge is -2.02. The first kappa shape index (κ1) is 14.8. The van der Waals surface area contributed by atoms with E-state index < -0.39 is 5.91 Å². The zero-order valence-corrected chi connectivity index (χ0v) is 12.7. The van der Waals surface area contributed by atoms with Crippen molar-refractivity contribution in [3.8, 4) is 0 Å². The maximum absolute atomic E-state index is 11.0. The molecule has 0 saturated heterocycles. The number of nitrogens with zero attached hydrogens (tertiary/aromatic N) is 1. The Morgan fingerprint density at radius 2 is 1.91 bits per heavy atom. The van der Waals surface area contributed by atoms with Crippen molar-refractivity contribution in [3.05, 3.63) is 71.5 Å². The van der Waals surface area contributed by atoms with E-state index >= 15 is 0 Å². The minimum absolute atomic E-state index is 0.302. The summed E-state index contributed by atoms with van der Waals surface area (Å²) in [7, 11) is 0. The van der Waals surface area contributed by atoms with E-state index in [0.29, 0.717) is 23.6 Å². The topological polar surface area (TPSA) is 77.8 Å². The van der Waals surface area contributed by atoms with Crippen molar-refractivity contribution < 1.29 is 14.0 Å². The molecule has 2 aromatic carbocycles. The Bertz CT molecular complexity index is 830. The largest absolute Gasteiger partial charge is 0.455 e. The fourth-order valence-electron chi connectivity index (χ4n) is 2.17. The minimum Gasteiger partial charge on any atom is -0.455 e. The van der Waals surface area contributed by atoms with E-state index in [4.69, 9.17) is 15.0 Å². The van der Waals surface area contributed by atoms with Gasteiger partial charge in [-0.05, 0) is 36.8 Å². The van der Waals surface area contributed by atoms with Crippen molar-refractivity contribution in [1.29, 1.82) is 0 Å². The third-order valence-corrected chi connectivity index (χ3v) is 3.45. The lowest BCUT2D eigenvalue weighted by atomic mass is 10.1. The normalized spacial score (nSPS) is 11.6. The lowest BCUT2D eigenvalue weighted by molar-refractivity contribution is 0.1000. The highest BCUT2D eigenvalue weighted by atomic mass is 16.6. The molecular formula is C18H16N2O3. The van der Waals surface area contributed by atoms with E-state index in [2.05, 4.69) is 5.16 Å². The van der Waals surface area contributed by atoms with Gasteiger partial charge in [0.05, 0.1) is 0 Å². The molecule has 0 spiro atoms. The fourth-order valence-corrected chi connectivity index (χ4v) is 2.17. The predicted molar refractivity (Wildman–Crippen MR) is 88.2 cm³/mol. The number of nitrogens with two attached hydrogens (primary N) is 1. The summed E-state index contributed by atoms with van der Waals surface area (Å²) in [5.41, 5.74) is 8.05. The summed E-state index contributed by atoms with van der Waals surface area (Å²) < 4.78 is 5.71. The number of carbonyl (C=O) groups excluding carboxylic acids is 1. The summed E-state index contributed by atoms with van der Waals surface area (Å²) in [5, 5.41) is 5.10. The molecule has 3 aromatic rings. The van der Waals surface area contributed by atoms with Gasteiger partial charge in [-0.3, -0.25) is 4.79 Å². The summed E-state index contributed by atoms with van der Waals surface area (Å²) in [6.45, 7) is 2.13. The molecule has 0 radical (unpaired) electrons. The highest BCUT2D eigenvalue weighted by Crippen LogP contribution is 2.19. The van der Waals surface area contributed by atoms with Crippen LogP contribution in [0.4, 0.5) is 0 Å². The highest BCUT2D eigenvalue weighted by molar-refractivity contribution is 5.99. The van der Waals surface area contributed by atoms with Crippen molar-refractivity contribution >= 4 is 22.6 Å². The van der Waals surface area contributed by atoms with E-state index in [1.807, 2.05) is 37.3 Å². The molecule has 5 heteroatoms. The van der Waals surface area contributed by atoms with Gasteiger partial charge in [0.1, 0.15) is 17.9 Å². The van der Waals surface area contributed by atoms with Crippen LogP contribution in [0.3, 0.4) is 0 Å². The molecule has 0 aliphatic heterocycles. The molecule has 0 unspecified atom stereocenters. The van der Waals surface area contributed by atoms with Gasteiger partial charge in [-0.15, -0.1) is 0 Å². The van der Waals surface area contributed by atoms with Gasteiger partial charge in [0, 0.05) is 10.9 Å². The molecule has 0 fully saturated rings. The van der Waals surface area contributed by atoms with Gasteiger partial charge in [0.2, 0.25) is 5.91 Å². The third kappa shape index (κ3) is 3.40. The summed E-state index contributed by atoms with van der Waals surface area (Å²) in [5.74, 6) is 0.228. The zero-order chi connectivity index (χ0) is 16.2. The molecule has 5 nitrogen and oxygen atoms in total. The number of amides is 1. The number of furan rings is 1. The van der Waals surface area contributed by atoms with Crippen molar-refractivity contribution in [3.63, 3.8) is 0 Å². The number of para-hydroxylation sites is 1. The van der Waals surface area contributed by atoms with E-state index in [0.717, 1.165) is 16.5 Å². The molecule has 3 rings (SSSR count). The molecule has 1 amide bonds. The van der Waals surface area contributed by atoms with Crippen LogP contribution in [0, 0.1) is 0 Å². The first-order chi connectivity index (χ1) is 11.1. The quantitative estimate of drug-likeness (QED) is 0.579. The standard InChI is InChI=1S/C18H16N2O3/c1-12(17-10-15-4-2-3-5-16(15)23-17)20-22-11-13-6-8-14(9-7-13)18(19)21/h2-10H,11H2,1H3,(H2,19,21). The Balaban J connectivity index is 1.66. The Labute approximate surface area is 133 Å². The Morgan fingerprint density at radius 3 is 2.61 bits per heavy atom. The summed E-state index contributed by atoms with van der Waals surface area (Å²) >= 11 is 0. The number of oxime groups is 1. The Kier molecular flexibility index (Phi) is 4.10. The van der Waals surface area contributed by atoms with Crippen LogP contribution in [0.15, 0.2) is 64.2 Å². The average molecular weight is 308 g/mol. The van der Waals surface area contributed by atoms with Gasteiger partial charge in [0.25, 0.3) is 0 Å². The van der Waals surface area contributed by atoms with Crippen molar-refractivity contribution in [2.45, 2.75) is 13.5 Å². The van der Waals surface area contributed by atoms with Gasteiger partial charge in [-0.2, -0.15) is 0 Å². The van der Waals surface area contributed by atoms with Gasteiger partial charge in [-0.1, -0.05) is 35.5 Å². The maximum Gasteiger partial charge on any atom is 0.248 e. The monoisotopic (exact) mass is 308 g/mol. The molecule has 0 bridgehead atoms. The molecule has 1 heterocycles. The van der Waals surface area contributed by atoms with Gasteiger partial charge in [-0.25, -0.2) is 0 Å². The van der Waals surface area contributed by atoms with Crippen LogP contribution in [-0.2, 0) is 11.4 Å². The minimum atomic E-state index is -0.448. The smallest absolute Gasteiger partial charge is 0.248 e. The second kappa shape index (κ2) is 6.36. The highest BCUT2D eigenvalue weighted by Gasteiger charge is 2.06. The molecule has 23 heavy (non-hydrogen) atoms. The number of hydrogen-bond acceptors (Lipinski definition) is 4. The van der Waals surface area contributed by atoms with Gasteiger partial charge >= 0.3 is 0 Å². The number of primary amides is 1. The number of fused-ring (bicyclic) bond motifs is 1. The molecule has 0 saturated carbocycles. The first-order valence-electron chi connectivity index (χ1n) is 7.18. The SMILES string of the molecule is CC(=NOCc1ccc(C(N)=O)cc1)c1cc2ccccc2o1. The number of rotatable bonds is 5. The van der Waals surface area contributed by atoms with Crippen molar-refractivity contribution in [1.82, 2.24) is 0 Å². The molecule has 116 valence electrons. The number of benzene rings is 2. The predicted octanol–water partition coefficient (Wildman–Crippen LogP) is 3.47. The Morgan fingerprint density at radius 1 is 1.17 bits per heavy atom. The zero-order valence-electron chi connectivity index (χ0n) is 12.7. The van der Waals surface area contributed by atoms with E-state index in [-0.39, 0.29) is 0 Å².